The van der Waals surface area contributed by atoms with Gasteiger partial charge in [0.15, 0.2) is 33.9 Å². The van der Waals surface area contributed by atoms with Crippen LogP contribution in [0.3, 0.4) is 0 Å². The van der Waals surface area contributed by atoms with Gasteiger partial charge in [0.2, 0.25) is 11.5 Å². The van der Waals surface area contributed by atoms with Crippen molar-refractivity contribution in [2.75, 3.05) is 33.2 Å². The van der Waals surface area contributed by atoms with Gasteiger partial charge in [-0.1, -0.05) is 29.8 Å². The average molecular weight is 561 g/mol. The highest BCUT2D eigenvalue weighted by molar-refractivity contribution is 7.91. The van der Waals surface area contributed by atoms with Crippen LogP contribution in [-0.4, -0.2) is 54.2 Å². The van der Waals surface area contributed by atoms with Gasteiger partial charge in [-0.2, -0.15) is 0 Å². The number of benzene rings is 2. The molecule has 2 aromatic rings. The smallest absolute Gasteiger partial charge is 0.207 e. The predicted molar refractivity (Wildman–Crippen MR) is 149 cm³/mol. The van der Waals surface area contributed by atoms with Gasteiger partial charge in [0.25, 0.3) is 0 Å². The van der Waals surface area contributed by atoms with E-state index >= 15 is 0 Å². The minimum Gasteiger partial charge on any atom is -0.490 e. The van der Waals surface area contributed by atoms with E-state index in [1.54, 1.807) is 44.6 Å². The Morgan fingerprint density at radius 3 is 1.97 bits per heavy atom. The zero-order valence-electron chi connectivity index (χ0n) is 23.4. The molecule has 0 bridgehead atoms. The van der Waals surface area contributed by atoms with Crippen molar-refractivity contribution in [3.8, 4) is 23.0 Å². The number of rotatable bonds is 11. The van der Waals surface area contributed by atoms with Gasteiger partial charge in [-0.15, -0.1) is 0 Å². The van der Waals surface area contributed by atoms with E-state index in [1.807, 2.05) is 19.9 Å². The summed E-state index contributed by atoms with van der Waals surface area (Å²) in [5.41, 5.74) is 2.37. The summed E-state index contributed by atoms with van der Waals surface area (Å²) >= 11 is 0. The number of methoxy groups -OCH3 is 2. The maximum atomic E-state index is 13.0. The first-order valence-corrected chi connectivity index (χ1v) is 15.3. The van der Waals surface area contributed by atoms with Gasteiger partial charge in [-0.3, -0.25) is 0 Å². The fourth-order valence-electron chi connectivity index (χ4n) is 4.92. The van der Waals surface area contributed by atoms with Crippen molar-refractivity contribution in [1.82, 2.24) is 0 Å². The molecule has 4 rings (SSSR count). The highest BCUT2D eigenvalue weighted by Gasteiger charge is 2.30. The first-order chi connectivity index (χ1) is 18.8. The standard InChI is InChI=1S/C30H40O8S/c1-21(20-39(31,32)23-12-6-5-7-13-23)16-17-24-22(2)27(37-25-14-8-10-18-35-25)29(33-3)30(34-4)28(24)38-26-15-9-11-19-36-26/h5-7,12-13,16,25-26H,8-11,14-15,17-20H2,1-4H3. The minimum absolute atomic E-state index is 0.0788. The minimum atomic E-state index is -3.46. The molecule has 0 aromatic heterocycles. The Labute approximate surface area is 232 Å². The van der Waals surface area contributed by atoms with Crippen LogP contribution in [0.2, 0.25) is 0 Å². The monoisotopic (exact) mass is 560 g/mol. The molecule has 2 aliphatic rings. The highest BCUT2D eigenvalue weighted by atomic mass is 32.2. The summed E-state index contributed by atoms with van der Waals surface area (Å²) < 4.78 is 62.0. The lowest BCUT2D eigenvalue weighted by molar-refractivity contribution is -0.109. The lowest BCUT2D eigenvalue weighted by atomic mass is 10.00. The number of allylic oxidation sites excluding steroid dienone is 1. The third kappa shape index (κ3) is 7.26. The van der Waals surface area contributed by atoms with Crippen LogP contribution in [0.5, 0.6) is 23.0 Å². The van der Waals surface area contributed by atoms with Crippen molar-refractivity contribution in [2.24, 2.45) is 0 Å². The molecule has 9 heteroatoms. The summed E-state index contributed by atoms with van der Waals surface area (Å²) in [6, 6.07) is 8.50. The first kappa shape index (κ1) is 29.2. The molecule has 2 heterocycles. The topological polar surface area (TPSA) is 89.5 Å². The van der Waals surface area contributed by atoms with Crippen LogP contribution in [-0.2, 0) is 25.7 Å². The Balaban J connectivity index is 1.71. The molecule has 214 valence electrons. The molecule has 8 nitrogen and oxygen atoms in total. The van der Waals surface area contributed by atoms with Gasteiger partial charge >= 0.3 is 0 Å². The molecular formula is C30H40O8S. The molecule has 0 aliphatic carbocycles. The molecule has 0 spiro atoms. The normalized spacial score (nSPS) is 20.4. The lowest BCUT2D eigenvalue weighted by Gasteiger charge is -2.30. The third-order valence-corrected chi connectivity index (χ3v) is 8.87. The van der Waals surface area contributed by atoms with Gasteiger partial charge in [-0.05, 0) is 58.1 Å². The van der Waals surface area contributed by atoms with E-state index in [0.717, 1.165) is 55.2 Å². The summed E-state index contributed by atoms with van der Waals surface area (Å²) in [4.78, 5) is 0.307. The number of hydrogen-bond acceptors (Lipinski definition) is 8. The van der Waals surface area contributed by atoms with E-state index in [2.05, 4.69) is 0 Å². The molecule has 2 aromatic carbocycles. The van der Waals surface area contributed by atoms with Crippen LogP contribution in [0.4, 0.5) is 0 Å². The Kier molecular flexibility index (Phi) is 10.2. The van der Waals surface area contributed by atoms with E-state index in [-0.39, 0.29) is 12.0 Å². The predicted octanol–water partition coefficient (Wildman–Crippen LogP) is 5.79. The van der Waals surface area contributed by atoms with Crippen molar-refractivity contribution in [2.45, 2.75) is 76.3 Å². The van der Waals surface area contributed by atoms with Gasteiger partial charge in [-0.25, -0.2) is 8.42 Å². The van der Waals surface area contributed by atoms with Crippen LogP contribution < -0.4 is 18.9 Å². The second-order valence-corrected chi connectivity index (χ2v) is 12.0. The number of hydrogen-bond donors (Lipinski definition) is 0. The lowest BCUT2D eigenvalue weighted by Crippen LogP contribution is -2.27. The van der Waals surface area contributed by atoms with Crippen LogP contribution in [0.15, 0.2) is 46.9 Å². The van der Waals surface area contributed by atoms with Gasteiger partial charge in [0.1, 0.15) is 0 Å². The molecule has 0 radical (unpaired) electrons. The van der Waals surface area contributed by atoms with Crippen molar-refractivity contribution in [3.63, 3.8) is 0 Å². The highest BCUT2D eigenvalue weighted by Crippen LogP contribution is 2.51. The second kappa shape index (κ2) is 13.5. The molecule has 2 fully saturated rings. The molecule has 0 N–H and O–H groups in total. The maximum absolute atomic E-state index is 13.0. The second-order valence-electron chi connectivity index (χ2n) is 9.98. The zero-order valence-corrected chi connectivity index (χ0v) is 24.2. The Hall–Kier alpha value is -2.75. The van der Waals surface area contributed by atoms with Gasteiger partial charge in [0.05, 0.1) is 38.1 Å². The Morgan fingerprint density at radius 1 is 0.872 bits per heavy atom. The maximum Gasteiger partial charge on any atom is 0.207 e. The van der Waals surface area contributed by atoms with Crippen molar-refractivity contribution < 1.29 is 36.8 Å². The Bertz CT molecular complexity index is 1230. The van der Waals surface area contributed by atoms with E-state index in [1.165, 1.54) is 0 Å². The van der Waals surface area contributed by atoms with E-state index in [4.69, 9.17) is 28.4 Å². The fourth-order valence-corrected chi connectivity index (χ4v) is 6.38. The van der Waals surface area contributed by atoms with Crippen molar-refractivity contribution in [1.29, 1.82) is 0 Å². The number of ether oxygens (including phenoxy) is 6. The molecule has 2 saturated heterocycles. The first-order valence-electron chi connectivity index (χ1n) is 13.6. The van der Waals surface area contributed by atoms with E-state index < -0.39 is 16.1 Å². The molecule has 0 amide bonds. The average Bonchev–Trinajstić information content (AvgIpc) is 2.95. The van der Waals surface area contributed by atoms with Crippen LogP contribution in [0, 0.1) is 6.92 Å². The largest absolute Gasteiger partial charge is 0.490 e. The van der Waals surface area contributed by atoms with E-state index in [0.29, 0.717) is 47.5 Å². The molecule has 0 saturated carbocycles. The Morgan fingerprint density at radius 2 is 1.44 bits per heavy atom. The number of sulfone groups is 1. The molecule has 2 unspecified atom stereocenters. The summed E-state index contributed by atoms with van der Waals surface area (Å²) in [6.07, 6.45) is 7.12. The molecule has 39 heavy (non-hydrogen) atoms. The van der Waals surface area contributed by atoms with Crippen LogP contribution in [0.1, 0.15) is 56.6 Å². The summed E-state index contributed by atoms with van der Waals surface area (Å²) in [5.74, 6) is 1.83. The van der Waals surface area contributed by atoms with Gasteiger partial charge in [0, 0.05) is 24.0 Å². The molecular weight excluding hydrogens is 520 g/mol. The molecule has 2 aliphatic heterocycles. The van der Waals surface area contributed by atoms with Gasteiger partial charge < -0.3 is 28.4 Å². The third-order valence-electron chi connectivity index (χ3n) is 7.04. The quantitative estimate of drug-likeness (QED) is 0.319. The van der Waals surface area contributed by atoms with Crippen molar-refractivity contribution in [3.05, 3.63) is 53.1 Å². The fraction of sp³-hybridized carbons (Fsp3) is 0.533. The zero-order chi connectivity index (χ0) is 27.8. The van der Waals surface area contributed by atoms with E-state index in [9.17, 15) is 8.42 Å². The summed E-state index contributed by atoms with van der Waals surface area (Å²) in [6.45, 7) is 5.06. The van der Waals surface area contributed by atoms with Crippen LogP contribution >= 0.6 is 0 Å². The summed E-state index contributed by atoms with van der Waals surface area (Å²) in [5, 5.41) is 0. The molecule has 2 atom stereocenters. The summed E-state index contributed by atoms with van der Waals surface area (Å²) in [7, 11) is -0.319. The van der Waals surface area contributed by atoms with Crippen molar-refractivity contribution >= 4 is 9.84 Å². The van der Waals surface area contributed by atoms with Crippen LogP contribution in [0.25, 0.3) is 0 Å². The SMILES string of the molecule is COc1c(OC2CCCCO2)c(C)c(CC=C(C)CS(=O)(=O)c2ccccc2)c(OC2CCCCO2)c1OC.